The van der Waals surface area contributed by atoms with E-state index in [0.717, 1.165) is 12.7 Å². The van der Waals surface area contributed by atoms with Crippen molar-refractivity contribution in [2.24, 2.45) is 0 Å². The molecular weight excluding hydrogens is 332 g/mol. The predicted molar refractivity (Wildman–Crippen MR) is 88.0 cm³/mol. The average molecular weight is 354 g/mol. The molecule has 9 heteroatoms. The topological polar surface area (TPSA) is 103 Å². The summed E-state index contributed by atoms with van der Waals surface area (Å²) in [6.07, 6.45) is 2.75. The van der Waals surface area contributed by atoms with Crippen LogP contribution in [0.4, 0.5) is 0 Å². The van der Waals surface area contributed by atoms with Crippen LogP contribution in [0.5, 0.6) is 0 Å². The van der Waals surface area contributed by atoms with Gasteiger partial charge in [0.05, 0.1) is 18.5 Å². The number of carbonyl (C=O) groups is 1. The molecule has 8 nitrogen and oxygen atoms in total. The molecule has 0 aliphatic carbocycles. The summed E-state index contributed by atoms with van der Waals surface area (Å²) in [4.78, 5) is 33.3. The minimum absolute atomic E-state index is 0.00731. The highest BCUT2D eigenvalue weighted by atomic mass is 32.2. The molecule has 1 aromatic rings. The van der Waals surface area contributed by atoms with E-state index >= 15 is 0 Å². The minimum Gasteiger partial charge on any atom is -0.342 e. The molecule has 1 fully saturated rings. The van der Waals surface area contributed by atoms with Crippen LogP contribution in [-0.4, -0.2) is 59.4 Å². The van der Waals surface area contributed by atoms with Crippen molar-refractivity contribution in [3.8, 4) is 0 Å². The van der Waals surface area contributed by atoms with Crippen LogP contribution in [-0.2, 0) is 27.8 Å². The lowest BCUT2D eigenvalue weighted by molar-refractivity contribution is -0.129. The fourth-order valence-corrected chi connectivity index (χ4v) is 4.12. The molecule has 1 N–H and O–H groups in total. The molecule has 0 aromatic carbocycles. The first-order chi connectivity index (χ1) is 11.3. The van der Waals surface area contributed by atoms with Gasteiger partial charge in [0.25, 0.3) is 5.56 Å². The summed E-state index contributed by atoms with van der Waals surface area (Å²) in [5.41, 5.74) is 0.909. The van der Waals surface area contributed by atoms with Crippen molar-refractivity contribution in [2.75, 3.05) is 25.9 Å². The highest BCUT2D eigenvalue weighted by Crippen LogP contribution is 2.26. The van der Waals surface area contributed by atoms with E-state index in [2.05, 4.69) is 9.97 Å². The molecule has 2 aliphatic rings. The van der Waals surface area contributed by atoms with Gasteiger partial charge in [-0.3, -0.25) is 9.59 Å². The van der Waals surface area contributed by atoms with Crippen molar-refractivity contribution >= 4 is 15.9 Å². The second kappa shape index (κ2) is 6.29. The molecule has 0 spiro atoms. The lowest BCUT2D eigenvalue weighted by Gasteiger charge is -2.26. The zero-order valence-corrected chi connectivity index (χ0v) is 14.7. The highest BCUT2D eigenvalue weighted by molar-refractivity contribution is 7.88. The molecule has 3 heterocycles. The normalized spacial score (nSPS) is 21.8. The SMILES string of the molecule is CCC(=O)N1CCC(c2nc3c(c(=O)[nH]2)CCN(S(C)(=O)=O)C3)C1. The van der Waals surface area contributed by atoms with Gasteiger partial charge in [-0.05, 0) is 12.8 Å². The number of fused-ring (bicyclic) bond motifs is 1. The van der Waals surface area contributed by atoms with Crippen molar-refractivity contribution in [3.05, 3.63) is 27.4 Å². The Kier molecular flexibility index (Phi) is 4.48. The maximum atomic E-state index is 12.3. The van der Waals surface area contributed by atoms with Crippen LogP contribution < -0.4 is 5.56 Å². The Bertz CT molecular complexity index is 817. The van der Waals surface area contributed by atoms with Crippen molar-refractivity contribution in [2.45, 2.75) is 38.6 Å². The third kappa shape index (κ3) is 3.23. The number of aromatic amines is 1. The second-order valence-corrected chi connectivity index (χ2v) is 8.38. The van der Waals surface area contributed by atoms with Gasteiger partial charge in [0.15, 0.2) is 0 Å². The van der Waals surface area contributed by atoms with Gasteiger partial charge in [0.2, 0.25) is 15.9 Å². The number of sulfonamides is 1. The van der Waals surface area contributed by atoms with Crippen LogP contribution in [0.3, 0.4) is 0 Å². The van der Waals surface area contributed by atoms with E-state index in [4.69, 9.17) is 0 Å². The molecule has 1 aromatic heterocycles. The van der Waals surface area contributed by atoms with Crippen LogP contribution in [0.2, 0.25) is 0 Å². The molecule has 24 heavy (non-hydrogen) atoms. The zero-order valence-electron chi connectivity index (χ0n) is 13.9. The van der Waals surface area contributed by atoms with Crippen molar-refractivity contribution < 1.29 is 13.2 Å². The molecule has 2 aliphatic heterocycles. The molecular formula is C15H22N4O4S. The monoisotopic (exact) mass is 354 g/mol. The highest BCUT2D eigenvalue weighted by Gasteiger charge is 2.31. The summed E-state index contributed by atoms with van der Waals surface area (Å²) in [6.45, 7) is 3.47. The van der Waals surface area contributed by atoms with Crippen LogP contribution in [0.25, 0.3) is 0 Å². The van der Waals surface area contributed by atoms with E-state index in [1.54, 1.807) is 4.90 Å². The zero-order chi connectivity index (χ0) is 17.5. The van der Waals surface area contributed by atoms with Crippen molar-refractivity contribution in [3.63, 3.8) is 0 Å². The van der Waals surface area contributed by atoms with Gasteiger partial charge in [-0.2, -0.15) is 4.31 Å². The van der Waals surface area contributed by atoms with Gasteiger partial charge < -0.3 is 9.88 Å². The van der Waals surface area contributed by atoms with Crippen LogP contribution in [0.15, 0.2) is 4.79 Å². The third-order valence-corrected chi connectivity index (χ3v) is 6.01. The maximum absolute atomic E-state index is 12.3. The van der Waals surface area contributed by atoms with E-state index in [-0.39, 0.29) is 23.9 Å². The van der Waals surface area contributed by atoms with Crippen molar-refractivity contribution in [1.82, 2.24) is 19.2 Å². The lowest BCUT2D eigenvalue weighted by Crippen LogP contribution is -2.39. The average Bonchev–Trinajstić information content (AvgIpc) is 3.02. The fourth-order valence-electron chi connectivity index (χ4n) is 3.34. The third-order valence-electron chi connectivity index (χ3n) is 4.76. The van der Waals surface area contributed by atoms with E-state index in [9.17, 15) is 18.0 Å². The van der Waals surface area contributed by atoms with E-state index in [1.165, 1.54) is 4.31 Å². The number of H-pyrrole nitrogens is 1. The van der Waals surface area contributed by atoms with Crippen LogP contribution >= 0.6 is 0 Å². The summed E-state index contributed by atoms with van der Waals surface area (Å²) < 4.78 is 24.8. The number of amides is 1. The van der Waals surface area contributed by atoms with E-state index in [1.807, 2.05) is 6.92 Å². The van der Waals surface area contributed by atoms with Gasteiger partial charge in [-0.15, -0.1) is 0 Å². The predicted octanol–water partition coefficient (Wildman–Crippen LogP) is -0.186. The fraction of sp³-hybridized carbons (Fsp3) is 0.667. The first-order valence-electron chi connectivity index (χ1n) is 8.14. The Hall–Kier alpha value is -1.74. The van der Waals surface area contributed by atoms with Crippen molar-refractivity contribution in [1.29, 1.82) is 0 Å². The van der Waals surface area contributed by atoms with Gasteiger partial charge in [-0.25, -0.2) is 13.4 Å². The molecule has 1 atom stereocenters. The Labute approximate surface area is 140 Å². The first kappa shape index (κ1) is 17.1. The molecule has 0 radical (unpaired) electrons. The molecule has 132 valence electrons. The Morgan fingerprint density at radius 3 is 2.79 bits per heavy atom. The molecule has 0 bridgehead atoms. The summed E-state index contributed by atoms with van der Waals surface area (Å²) >= 11 is 0. The van der Waals surface area contributed by atoms with Crippen LogP contribution in [0, 0.1) is 0 Å². The molecule has 1 unspecified atom stereocenters. The number of hydrogen-bond donors (Lipinski definition) is 1. The molecule has 1 amide bonds. The Morgan fingerprint density at radius 2 is 2.12 bits per heavy atom. The number of hydrogen-bond acceptors (Lipinski definition) is 5. The largest absolute Gasteiger partial charge is 0.342 e. The second-order valence-electron chi connectivity index (χ2n) is 6.40. The quantitative estimate of drug-likeness (QED) is 0.810. The molecule has 3 rings (SSSR count). The number of likely N-dealkylation sites (tertiary alicyclic amines) is 1. The first-order valence-corrected chi connectivity index (χ1v) is 9.99. The molecule has 1 saturated heterocycles. The van der Waals surface area contributed by atoms with Gasteiger partial charge in [0.1, 0.15) is 5.82 Å². The van der Waals surface area contributed by atoms with Gasteiger partial charge in [-0.1, -0.05) is 6.92 Å². The number of nitrogens with one attached hydrogen (secondary N) is 1. The summed E-state index contributed by atoms with van der Waals surface area (Å²) in [5, 5.41) is 0. The smallest absolute Gasteiger partial charge is 0.254 e. The van der Waals surface area contributed by atoms with E-state index in [0.29, 0.717) is 49.6 Å². The molecule has 0 saturated carbocycles. The lowest BCUT2D eigenvalue weighted by atomic mass is 10.1. The number of nitrogens with zero attached hydrogens (tertiary/aromatic N) is 3. The minimum atomic E-state index is -3.31. The summed E-state index contributed by atoms with van der Waals surface area (Å²) in [7, 11) is -3.31. The number of aromatic nitrogens is 2. The number of carbonyl (C=O) groups excluding carboxylic acids is 1. The number of rotatable bonds is 3. The van der Waals surface area contributed by atoms with Crippen LogP contribution in [0.1, 0.15) is 42.8 Å². The summed E-state index contributed by atoms with van der Waals surface area (Å²) in [5.74, 6) is 0.647. The van der Waals surface area contributed by atoms with Gasteiger partial charge in [0, 0.05) is 37.5 Å². The Morgan fingerprint density at radius 1 is 1.38 bits per heavy atom. The standard InChI is InChI=1S/C15H22N4O4S/c1-3-13(20)18-6-4-10(8-18)14-16-12-9-19(24(2,22)23)7-5-11(12)15(21)17-14/h10H,3-9H2,1-2H3,(H,16,17,21). The Balaban J connectivity index is 1.86. The van der Waals surface area contributed by atoms with E-state index < -0.39 is 10.0 Å². The maximum Gasteiger partial charge on any atom is 0.254 e. The van der Waals surface area contributed by atoms with Gasteiger partial charge >= 0.3 is 0 Å². The summed E-state index contributed by atoms with van der Waals surface area (Å²) in [6, 6.07) is 0.